The Bertz CT molecular complexity index is 456. The summed E-state index contributed by atoms with van der Waals surface area (Å²) < 4.78 is 0. The number of carbonyl (C=O) groups excluding carboxylic acids is 1. The Kier molecular flexibility index (Phi) is 5.86. The molecule has 0 aliphatic carbocycles. The largest absolute Gasteiger partial charge is 0.348 e. The molecule has 98 valence electrons. The van der Waals surface area contributed by atoms with Crippen molar-refractivity contribution >= 4 is 17.2 Å². The number of nitrogens with one attached hydrogen (secondary N) is 1. The molecule has 1 aromatic heterocycles. The van der Waals surface area contributed by atoms with Gasteiger partial charge in [-0.25, -0.2) is 0 Å². The minimum atomic E-state index is -0.0688. The van der Waals surface area contributed by atoms with Crippen LogP contribution in [0.1, 0.15) is 22.2 Å². The Morgan fingerprint density at radius 3 is 2.94 bits per heavy atom. The number of rotatable bonds is 4. The van der Waals surface area contributed by atoms with Gasteiger partial charge < -0.3 is 16.0 Å². The third-order valence-corrected chi connectivity index (χ3v) is 3.13. The van der Waals surface area contributed by atoms with Crippen molar-refractivity contribution in [1.29, 1.82) is 0 Å². The van der Waals surface area contributed by atoms with Crippen molar-refractivity contribution in [2.24, 2.45) is 5.73 Å². The number of hydrogen-bond acceptors (Lipinski definition) is 4. The van der Waals surface area contributed by atoms with Crippen LogP contribution in [0.15, 0.2) is 11.4 Å². The second-order valence-corrected chi connectivity index (χ2v) is 5.22. The molecule has 0 aromatic carbocycles. The van der Waals surface area contributed by atoms with Gasteiger partial charge in [0.25, 0.3) is 5.91 Å². The predicted molar refractivity (Wildman–Crippen MR) is 75.7 cm³/mol. The lowest BCUT2D eigenvalue weighted by Gasteiger charge is -2.17. The van der Waals surface area contributed by atoms with Gasteiger partial charge in [-0.15, -0.1) is 11.3 Å². The van der Waals surface area contributed by atoms with Crippen molar-refractivity contribution in [3.8, 4) is 11.8 Å². The Hall–Kier alpha value is -1.35. The molecule has 0 radical (unpaired) electrons. The molecule has 0 saturated carbocycles. The zero-order valence-corrected chi connectivity index (χ0v) is 11.8. The first kappa shape index (κ1) is 14.7. The lowest BCUT2D eigenvalue weighted by atomic mass is 10.2. The number of hydrogen-bond donors (Lipinski definition) is 2. The van der Waals surface area contributed by atoms with Gasteiger partial charge in [0.1, 0.15) is 4.88 Å². The molecule has 0 aliphatic heterocycles. The molecule has 0 saturated heterocycles. The van der Waals surface area contributed by atoms with Crippen molar-refractivity contribution < 1.29 is 4.79 Å². The smallest absolute Gasteiger partial charge is 0.262 e. The van der Waals surface area contributed by atoms with Gasteiger partial charge in [0.05, 0.1) is 6.54 Å². The summed E-state index contributed by atoms with van der Waals surface area (Å²) >= 11 is 1.40. The molecule has 1 aromatic rings. The number of carbonyl (C=O) groups is 1. The van der Waals surface area contributed by atoms with E-state index in [4.69, 9.17) is 5.73 Å². The number of nitrogens with two attached hydrogens (primary N) is 1. The summed E-state index contributed by atoms with van der Waals surface area (Å²) in [6.45, 7) is 3.09. The molecular weight excluding hydrogens is 246 g/mol. The molecule has 0 aliphatic rings. The summed E-state index contributed by atoms with van der Waals surface area (Å²) in [5.41, 5.74) is 6.08. The fourth-order valence-corrected chi connectivity index (χ4v) is 2.36. The fraction of sp³-hybridized carbons (Fsp3) is 0.462. The van der Waals surface area contributed by atoms with Crippen LogP contribution in [-0.2, 0) is 0 Å². The van der Waals surface area contributed by atoms with E-state index in [9.17, 15) is 4.79 Å². The van der Waals surface area contributed by atoms with Crippen LogP contribution in [0.5, 0.6) is 0 Å². The summed E-state index contributed by atoms with van der Waals surface area (Å²) in [5, 5.41) is 4.83. The molecule has 0 spiro atoms. The fourth-order valence-electron chi connectivity index (χ4n) is 1.61. The molecule has 3 N–H and O–H groups in total. The van der Waals surface area contributed by atoms with Gasteiger partial charge in [0.2, 0.25) is 0 Å². The minimum absolute atomic E-state index is 0.0688. The summed E-state index contributed by atoms with van der Waals surface area (Å²) in [5.74, 6) is 5.61. The average molecular weight is 265 g/mol. The van der Waals surface area contributed by atoms with Gasteiger partial charge in [-0.1, -0.05) is 11.8 Å². The van der Waals surface area contributed by atoms with Crippen LogP contribution in [0.4, 0.5) is 0 Å². The second-order valence-electron chi connectivity index (χ2n) is 4.31. The first-order chi connectivity index (χ1) is 8.54. The third kappa shape index (κ3) is 4.49. The van der Waals surface area contributed by atoms with E-state index >= 15 is 0 Å². The van der Waals surface area contributed by atoms with Crippen molar-refractivity contribution in [1.82, 2.24) is 10.2 Å². The van der Waals surface area contributed by atoms with Gasteiger partial charge in [0.15, 0.2) is 0 Å². The summed E-state index contributed by atoms with van der Waals surface area (Å²) in [7, 11) is 3.96. The van der Waals surface area contributed by atoms with Crippen LogP contribution in [0, 0.1) is 11.8 Å². The third-order valence-electron chi connectivity index (χ3n) is 2.21. The Labute approximate surface area is 112 Å². The zero-order chi connectivity index (χ0) is 13.5. The number of thiophene rings is 1. The first-order valence-corrected chi connectivity index (χ1v) is 6.64. The van der Waals surface area contributed by atoms with Crippen molar-refractivity contribution in [3.05, 3.63) is 21.9 Å². The van der Waals surface area contributed by atoms with E-state index in [0.717, 1.165) is 12.1 Å². The predicted octanol–water partition coefficient (Wildman–Crippen LogP) is 0.738. The molecule has 18 heavy (non-hydrogen) atoms. The van der Waals surface area contributed by atoms with Crippen LogP contribution in [-0.4, -0.2) is 44.0 Å². The van der Waals surface area contributed by atoms with E-state index in [1.54, 1.807) is 0 Å². The maximum atomic E-state index is 12.1. The van der Waals surface area contributed by atoms with Gasteiger partial charge >= 0.3 is 0 Å². The lowest BCUT2D eigenvalue weighted by Crippen LogP contribution is -2.39. The van der Waals surface area contributed by atoms with Crippen LogP contribution < -0.4 is 11.1 Å². The molecular formula is C13H19N3OS. The molecule has 0 bridgehead atoms. The van der Waals surface area contributed by atoms with Crippen LogP contribution in [0.2, 0.25) is 0 Å². The van der Waals surface area contributed by atoms with E-state index < -0.39 is 0 Å². The Balaban J connectivity index is 2.70. The van der Waals surface area contributed by atoms with Gasteiger partial charge in [-0.05, 0) is 32.5 Å². The quantitative estimate of drug-likeness (QED) is 0.789. The van der Waals surface area contributed by atoms with Gasteiger partial charge in [-0.2, -0.15) is 0 Å². The second kappa shape index (κ2) is 7.17. The molecule has 1 atom stereocenters. The molecule has 1 unspecified atom stereocenters. The van der Waals surface area contributed by atoms with Crippen molar-refractivity contribution in [2.45, 2.75) is 13.0 Å². The Morgan fingerprint density at radius 1 is 1.61 bits per heavy atom. The zero-order valence-electron chi connectivity index (χ0n) is 11.0. The maximum absolute atomic E-state index is 12.1. The number of amides is 1. The molecule has 1 amide bonds. The van der Waals surface area contributed by atoms with Crippen LogP contribution >= 0.6 is 11.3 Å². The topological polar surface area (TPSA) is 58.4 Å². The highest BCUT2D eigenvalue weighted by molar-refractivity contribution is 7.12. The van der Waals surface area contributed by atoms with E-state index in [0.29, 0.717) is 11.4 Å². The van der Waals surface area contributed by atoms with Crippen molar-refractivity contribution in [2.75, 3.05) is 27.2 Å². The summed E-state index contributed by atoms with van der Waals surface area (Å²) in [4.78, 5) is 14.8. The lowest BCUT2D eigenvalue weighted by molar-refractivity contribution is 0.0938. The highest BCUT2D eigenvalue weighted by Crippen LogP contribution is 2.15. The highest BCUT2D eigenvalue weighted by Gasteiger charge is 2.14. The van der Waals surface area contributed by atoms with E-state index in [1.165, 1.54) is 11.3 Å². The minimum Gasteiger partial charge on any atom is -0.348 e. The summed E-state index contributed by atoms with van der Waals surface area (Å²) in [6, 6.07) is 1.95. The molecule has 5 heteroatoms. The number of nitrogens with zero attached hydrogens (tertiary/aromatic N) is 1. The van der Waals surface area contributed by atoms with E-state index in [-0.39, 0.29) is 11.9 Å². The SMILES string of the molecule is CC(CN(C)C)NC(=O)c1sccc1C#CCN. The van der Waals surface area contributed by atoms with Gasteiger partial charge in [0, 0.05) is 18.2 Å². The van der Waals surface area contributed by atoms with E-state index in [2.05, 4.69) is 17.2 Å². The van der Waals surface area contributed by atoms with Gasteiger partial charge in [-0.3, -0.25) is 4.79 Å². The Morgan fingerprint density at radius 2 is 2.33 bits per heavy atom. The van der Waals surface area contributed by atoms with Crippen LogP contribution in [0.3, 0.4) is 0 Å². The molecule has 1 heterocycles. The molecule has 1 rings (SSSR count). The van der Waals surface area contributed by atoms with E-state index in [1.807, 2.05) is 37.4 Å². The monoisotopic (exact) mass is 265 g/mol. The van der Waals surface area contributed by atoms with Crippen LogP contribution in [0.25, 0.3) is 0 Å². The summed E-state index contributed by atoms with van der Waals surface area (Å²) in [6.07, 6.45) is 0. The average Bonchev–Trinajstić information content (AvgIpc) is 2.72. The normalized spacial score (nSPS) is 11.8. The highest BCUT2D eigenvalue weighted by atomic mass is 32.1. The van der Waals surface area contributed by atoms with Crippen molar-refractivity contribution in [3.63, 3.8) is 0 Å². The molecule has 4 nitrogen and oxygen atoms in total. The first-order valence-electron chi connectivity index (χ1n) is 5.76. The molecule has 0 fully saturated rings. The maximum Gasteiger partial charge on any atom is 0.262 e. The number of likely N-dealkylation sites (N-methyl/N-ethyl adjacent to an activating group) is 1. The standard InChI is InChI=1S/C13H19N3OS/c1-10(9-16(2)3)15-13(17)12-11(5-4-7-14)6-8-18-12/h6,8,10H,7,9,14H2,1-3H3,(H,15,17).